The van der Waals surface area contributed by atoms with Gasteiger partial charge in [0, 0.05) is 24.0 Å². The van der Waals surface area contributed by atoms with Gasteiger partial charge in [-0.25, -0.2) is 0 Å². The van der Waals surface area contributed by atoms with Crippen molar-refractivity contribution in [2.75, 3.05) is 17.2 Å². The highest BCUT2D eigenvalue weighted by Crippen LogP contribution is 2.23. The Morgan fingerprint density at radius 1 is 1.00 bits per heavy atom. The second-order valence-corrected chi connectivity index (χ2v) is 5.69. The largest absolute Gasteiger partial charge is 0.382 e. The molecule has 108 valence electrons. The minimum Gasteiger partial charge on any atom is -0.382 e. The highest BCUT2D eigenvalue weighted by molar-refractivity contribution is 5.94. The number of anilines is 2. The minimum atomic E-state index is -0.272. The SMILES string of the molecule is O=C(Nc1ccc(NC2CCCC2)cc1)C1CCCO1. The molecule has 0 bridgehead atoms. The summed E-state index contributed by atoms with van der Waals surface area (Å²) in [6.45, 7) is 0.697. The van der Waals surface area contributed by atoms with Crippen LogP contribution in [0, 0.1) is 0 Å². The van der Waals surface area contributed by atoms with Gasteiger partial charge in [-0.3, -0.25) is 4.79 Å². The first-order valence-electron chi connectivity index (χ1n) is 7.60. The van der Waals surface area contributed by atoms with Crippen LogP contribution in [0.1, 0.15) is 38.5 Å². The molecule has 1 aromatic carbocycles. The van der Waals surface area contributed by atoms with Crippen LogP contribution in [0.2, 0.25) is 0 Å². The van der Waals surface area contributed by atoms with Crippen LogP contribution in [0.25, 0.3) is 0 Å². The monoisotopic (exact) mass is 274 g/mol. The molecule has 1 atom stereocenters. The van der Waals surface area contributed by atoms with Crippen molar-refractivity contribution in [2.45, 2.75) is 50.7 Å². The van der Waals surface area contributed by atoms with E-state index in [9.17, 15) is 4.79 Å². The lowest BCUT2D eigenvalue weighted by atomic mass is 10.2. The molecule has 1 saturated carbocycles. The van der Waals surface area contributed by atoms with E-state index in [2.05, 4.69) is 10.6 Å². The van der Waals surface area contributed by atoms with Crippen molar-refractivity contribution in [3.8, 4) is 0 Å². The Hall–Kier alpha value is -1.55. The van der Waals surface area contributed by atoms with Crippen molar-refractivity contribution in [1.29, 1.82) is 0 Å². The van der Waals surface area contributed by atoms with E-state index in [-0.39, 0.29) is 12.0 Å². The van der Waals surface area contributed by atoms with Crippen molar-refractivity contribution in [3.63, 3.8) is 0 Å². The summed E-state index contributed by atoms with van der Waals surface area (Å²) in [5, 5.41) is 6.45. The molecule has 1 amide bonds. The Labute approximate surface area is 119 Å². The maximum absolute atomic E-state index is 11.9. The topological polar surface area (TPSA) is 50.4 Å². The third kappa shape index (κ3) is 3.31. The van der Waals surface area contributed by atoms with Crippen molar-refractivity contribution in [1.82, 2.24) is 0 Å². The normalized spacial score (nSPS) is 22.9. The number of carbonyl (C=O) groups excluding carboxylic acids is 1. The Kier molecular flexibility index (Phi) is 4.21. The van der Waals surface area contributed by atoms with Crippen LogP contribution in [0.3, 0.4) is 0 Å². The van der Waals surface area contributed by atoms with E-state index < -0.39 is 0 Å². The smallest absolute Gasteiger partial charge is 0.253 e. The van der Waals surface area contributed by atoms with E-state index in [1.165, 1.54) is 25.7 Å². The van der Waals surface area contributed by atoms with Crippen LogP contribution >= 0.6 is 0 Å². The van der Waals surface area contributed by atoms with Gasteiger partial charge in [0.1, 0.15) is 6.10 Å². The number of amides is 1. The lowest BCUT2D eigenvalue weighted by Crippen LogP contribution is -2.26. The van der Waals surface area contributed by atoms with Crippen LogP contribution in [0.15, 0.2) is 24.3 Å². The van der Waals surface area contributed by atoms with Gasteiger partial charge in [0.05, 0.1) is 0 Å². The van der Waals surface area contributed by atoms with Gasteiger partial charge in [-0.15, -0.1) is 0 Å². The molecule has 4 heteroatoms. The first-order valence-corrected chi connectivity index (χ1v) is 7.60. The van der Waals surface area contributed by atoms with Gasteiger partial charge in [-0.1, -0.05) is 12.8 Å². The Morgan fingerprint density at radius 2 is 1.70 bits per heavy atom. The van der Waals surface area contributed by atoms with Crippen molar-refractivity contribution < 1.29 is 9.53 Å². The summed E-state index contributed by atoms with van der Waals surface area (Å²) in [5.74, 6) is -0.0287. The first kappa shape index (κ1) is 13.4. The fourth-order valence-corrected chi connectivity index (χ4v) is 2.96. The number of carbonyl (C=O) groups is 1. The number of nitrogens with one attached hydrogen (secondary N) is 2. The highest BCUT2D eigenvalue weighted by atomic mass is 16.5. The fraction of sp³-hybridized carbons (Fsp3) is 0.562. The zero-order valence-electron chi connectivity index (χ0n) is 11.7. The molecular weight excluding hydrogens is 252 g/mol. The van der Waals surface area contributed by atoms with E-state index in [1.54, 1.807) is 0 Å². The maximum atomic E-state index is 11.9. The molecule has 2 fully saturated rings. The van der Waals surface area contributed by atoms with E-state index in [0.717, 1.165) is 24.2 Å². The molecule has 20 heavy (non-hydrogen) atoms. The average Bonchev–Trinajstić information content (AvgIpc) is 3.13. The van der Waals surface area contributed by atoms with Crippen LogP contribution in [-0.2, 0) is 9.53 Å². The zero-order chi connectivity index (χ0) is 13.8. The Balaban J connectivity index is 1.53. The van der Waals surface area contributed by atoms with Gasteiger partial charge in [0.15, 0.2) is 0 Å². The summed E-state index contributed by atoms with van der Waals surface area (Å²) in [6.07, 6.45) is 6.71. The summed E-state index contributed by atoms with van der Waals surface area (Å²) in [6, 6.07) is 8.57. The maximum Gasteiger partial charge on any atom is 0.253 e. The van der Waals surface area contributed by atoms with Gasteiger partial charge in [-0.05, 0) is 49.9 Å². The van der Waals surface area contributed by atoms with E-state index in [1.807, 2.05) is 24.3 Å². The first-order chi connectivity index (χ1) is 9.81. The third-order valence-electron chi connectivity index (χ3n) is 4.10. The molecule has 0 radical (unpaired) electrons. The number of rotatable bonds is 4. The van der Waals surface area contributed by atoms with Crippen molar-refractivity contribution in [2.24, 2.45) is 0 Å². The van der Waals surface area contributed by atoms with Crippen LogP contribution in [0.4, 0.5) is 11.4 Å². The molecule has 2 aliphatic rings. The van der Waals surface area contributed by atoms with Gasteiger partial charge in [-0.2, -0.15) is 0 Å². The summed E-state index contributed by atoms with van der Waals surface area (Å²) >= 11 is 0. The predicted molar refractivity (Wildman–Crippen MR) is 79.9 cm³/mol. The van der Waals surface area contributed by atoms with Crippen LogP contribution in [-0.4, -0.2) is 24.7 Å². The van der Waals surface area contributed by atoms with Gasteiger partial charge in [0.25, 0.3) is 5.91 Å². The van der Waals surface area contributed by atoms with Crippen molar-refractivity contribution >= 4 is 17.3 Å². The number of hydrogen-bond donors (Lipinski definition) is 2. The number of benzene rings is 1. The Bertz CT molecular complexity index is 446. The molecule has 0 spiro atoms. The third-order valence-corrected chi connectivity index (χ3v) is 4.10. The molecule has 1 unspecified atom stereocenters. The lowest BCUT2D eigenvalue weighted by Gasteiger charge is -2.14. The molecule has 3 rings (SSSR count). The quantitative estimate of drug-likeness (QED) is 0.886. The molecule has 1 aliphatic carbocycles. The zero-order valence-corrected chi connectivity index (χ0v) is 11.7. The molecular formula is C16H22N2O2. The molecule has 4 nitrogen and oxygen atoms in total. The molecule has 0 aromatic heterocycles. The standard InChI is InChI=1S/C16H22N2O2/c19-16(15-6-3-11-20-15)18-14-9-7-13(8-10-14)17-12-4-1-2-5-12/h7-10,12,15,17H,1-6,11H2,(H,18,19). The Morgan fingerprint density at radius 3 is 2.35 bits per heavy atom. The van der Waals surface area contributed by atoms with Crippen molar-refractivity contribution in [3.05, 3.63) is 24.3 Å². The second kappa shape index (κ2) is 6.27. The second-order valence-electron chi connectivity index (χ2n) is 5.69. The van der Waals surface area contributed by atoms with Gasteiger partial charge < -0.3 is 15.4 Å². The van der Waals surface area contributed by atoms with E-state index in [0.29, 0.717) is 12.6 Å². The number of ether oxygens (including phenoxy) is 1. The van der Waals surface area contributed by atoms with Gasteiger partial charge in [0.2, 0.25) is 0 Å². The predicted octanol–water partition coefficient (Wildman–Crippen LogP) is 3.16. The lowest BCUT2D eigenvalue weighted by molar-refractivity contribution is -0.124. The summed E-state index contributed by atoms with van der Waals surface area (Å²) in [7, 11) is 0. The molecule has 1 aromatic rings. The van der Waals surface area contributed by atoms with E-state index >= 15 is 0 Å². The molecule has 1 heterocycles. The minimum absolute atomic E-state index is 0.0287. The molecule has 1 aliphatic heterocycles. The molecule has 2 N–H and O–H groups in total. The van der Waals surface area contributed by atoms with E-state index in [4.69, 9.17) is 4.74 Å². The van der Waals surface area contributed by atoms with Crippen LogP contribution < -0.4 is 10.6 Å². The average molecular weight is 274 g/mol. The van der Waals surface area contributed by atoms with Gasteiger partial charge >= 0.3 is 0 Å². The fourth-order valence-electron chi connectivity index (χ4n) is 2.96. The summed E-state index contributed by atoms with van der Waals surface area (Å²) in [5.41, 5.74) is 1.97. The number of hydrogen-bond acceptors (Lipinski definition) is 3. The molecule has 1 saturated heterocycles. The highest BCUT2D eigenvalue weighted by Gasteiger charge is 2.23. The summed E-state index contributed by atoms with van der Waals surface area (Å²) < 4.78 is 5.37. The van der Waals surface area contributed by atoms with Crippen LogP contribution in [0.5, 0.6) is 0 Å². The summed E-state index contributed by atoms with van der Waals surface area (Å²) in [4.78, 5) is 11.9.